The number of pyridine rings is 2. The highest BCUT2D eigenvalue weighted by Crippen LogP contribution is 2.39. The van der Waals surface area contributed by atoms with E-state index in [4.69, 9.17) is 5.11 Å². The summed E-state index contributed by atoms with van der Waals surface area (Å²) in [5, 5.41) is 11.0. The molecule has 44 heavy (non-hydrogen) atoms. The first-order valence-electron chi connectivity index (χ1n) is 13.8. The molecule has 5 aromatic heterocycles. The van der Waals surface area contributed by atoms with Gasteiger partial charge in [0.25, 0.3) is 0 Å². The van der Waals surface area contributed by atoms with Gasteiger partial charge in [0.1, 0.15) is 11.3 Å². The quantitative estimate of drug-likeness (QED) is 0.227. The van der Waals surface area contributed by atoms with Crippen LogP contribution in [0.4, 0.5) is 18.9 Å². The summed E-state index contributed by atoms with van der Waals surface area (Å²) in [7, 11) is 0. The van der Waals surface area contributed by atoms with Crippen LogP contribution in [0.3, 0.4) is 0 Å². The summed E-state index contributed by atoms with van der Waals surface area (Å²) in [5.74, 6) is 0.461. The normalized spacial score (nSPS) is 18.4. The van der Waals surface area contributed by atoms with E-state index in [1.807, 2.05) is 43.1 Å². The van der Waals surface area contributed by atoms with Gasteiger partial charge in [-0.05, 0) is 54.8 Å². The molecular weight excluding hydrogens is 613 g/mol. The number of imidazole rings is 2. The van der Waals surface area contributed by atoms with E-state index in [9.17, 15) is 22.8 Å². The van der Waals surface area contributed by atoms with Crippen molar-refractivity contribution >= 4 is 58.2 Å². The number of rotatable bonds is 6. The molecule has 0 saturated carbocycles. The van der Waals surface area contributed by atoms with Gasteiger partial charge in [-0.1, -0.05) is 12.1 Å². The first-order chi connectivity index (χ1) is 21.1. The maximum Gasteiger partial charge on any atom is 0.435 e. The molecular formula is C30H27F3N6O3S2. The number of thiophene rings is 1. The van der Waals surface area contributed by atoms with Gasteiger partial charge in [0.2, 0.25) is 5.91 Å². The summed E-state index contributed by atoms with van der Waals surface area (Å²) in [5.41, 5.74) is 2.38. The Balaban J connectivity index is 0.000000158. The molecule has 7 heterocycles. The zero-order valence-corrected chi connectivity index (χ0v) is 25.1. The fraction of sp³-hybridized carbons (Fsp3) is 0.300. The third kappa shape index (κ3) is 5.95. The summed E-state index contributed by atoms with van der Waals surface area (Å²) < 4.78 is 43.0. The zero-order chi connectivity index (χ0) is 31.0. The van der Waals surface area contributed by atoms with Crippen LogP contribution in [-0.2, 0) is 28.7 Å². The Morgan fingerprint density at radius 2 is 1.84 bits per heavy atom. The van der Waals surface area contributed by atoms with Crippen LogP contribution in [0.5, 0.6) is 0 Å². The molecule has 0 radical (unpaired) electrons. The Morgan fingerprint density at radius 3 is 2.57 bits per heavy atom. The fourth-order valence-electron chi connectivity index (χ4n) is 5.58. The number of alkyl halides is 3. The Labute approximate surface area is 258 Å². The standard InChI is InChI=1S/C15H10F3N3O2S.C15H17N3OS/c16-15(17,18)14-10(21-5-2-1-3-12(21)20-14)8-19-9-4-6-24-11(9)7-13(22)23;1-10-12(17-6-3-2-4-14(17)16-10)9-18-11-5-7-20-13(11)8-15(18)19/h1-6,8H,7H2,(H,22,23);2-4,6,11,13H,5,7-9H2,1H3. The molecule has 0 aliphatic carbocycles. The monoisotopic (exact) mass is 640 g/mol. The van der Waals surface area contributed by atoms with Crippen molar-refractivity contribution in [1.82, 2.24) is 23.7 Å². The van der Waals surface area contributed by atoms with Gasteiger partial charge in [-0.15, -0.1) is 11.3 Å². The molecule has 0 aromatic carbocycles. The number of carboxylic acids is 1. The molecule has 228 valence electrons. The summed E-state index contributed by atoms with van der Waals surface area (Å²) in [6.45, 7) is 2.72. The third-order valence-corrected chi connectivity index (χ3v) is 9.91. The summed E-state index contributed by atoms with van der Waals surface area (Å²) in [6, 6.07) is 12.7. The van der Waals surface area contributed by atoms with E-state index in [1.165, 1.54) is 33.8 Å². The molecule has 1 amide bonds. The van der Waals surface area contributed by atoms with Gasteiger partial charge >= 0.3 is 12.1 Å². The van der Waals surface area contributed by atoms with Crippen LogP contribution >= 0.6 is 23.1 Å². The topological polar surface area (TPSA) is 105 Å². The molecule has 0 spiro atoms. The zero-order valence-electron chi connectivity index (χ0n) is 23.4. The molecule has 0 bridgehead atoms. The second kappa shape index (κ2) is 12.1. The van der Waals surface area contributed by atoms with Crippen molar-refractivity contribution in [3.8, 4) is 0 Å². The highest BCUT2D eigenvalue weighted by atomic mass is 32.2. The molecule has 2 unspecified atom stereocenters. The number of halogens is 3. The first-order valence-corrected chi connectivity index (χ1v) is 15.7. The van der Waals surface area contributed by atoms with Crippen LogP contribution in [0.2, 0.25) is 0 Å². The van der Waals surface area contributed by atoms with Crippen molar-refractivity contribution < 1.29 is 27.9 Å². The number of likely N-dealkylation sites (tertiary alicyclic amines) is 1. The number of thioether (sulfide) groups is 1. The molecule has 2 fully saturated rings. The number of fused-ring (bicyclic) bond motifs is 3. The molecule has 2 saturated heterocycles. The molecule has 1 N–H and O–H groups in total. The van der Waals surface area contributed by atoms with E-state index in [-0.39, 0.29) is 17.8 Å². The minimum absolute atomic E-state index is 0.155. The molecule has 2 atom stereocenters. The van der Waals surface area contributed by atoms with Crippen molar-refractivity contribution in [2.24, 2.45) is 4.99 Å². The van der Waals surface area contributed by atoms with E-state index in [0.717, 1.165) is 29.7 Å². The summed E-state index contributed by atoms with van der Waals surface area (Å²) >= 11 is 3.15. The lowest BCUT2D eigenvalue weighted by molar-refractivity contribution is -0.141. The van der Waals surface area contributed by atoms with E-state index in [2.05, 4.69) is 24.3 Å². The third-order valence-electron chi connectivity index (χ3n) is 7.62. The summed E-state index contributed by atoms with van der Waals surface area (Å²) in [6.07, 6.45) is 1.56. The van der Waals surface area contributed by atoms with Gasteiger partial charge in [0.05, 0.1) is 41.9 Å². The van der Waals surface area contributed by atoms with Crippen molar-refractivity contribution in [3.05, 3.63) is 87.9 Å². The van der Waals surface area contributed by atoms with E-state index < -0.39 is 17.8 Å². The predicted molar refractivity (Wildman–Crippen MR) is 163 cm³/mol. The molecule has 2 aliphatic heterocycles. The van der Waals surface area contributed by atoms with Crippen LogP contribution in [-0.4, -0.2) is 63.9 Å². The molecule has 9 nitrogen and oxygen atoms in total. The van der Waals surface area contributed by atoms with Crippen LogP contribution in [0.15, 0.2) is 65.2 Å². The SMILES string of the molecule is Cc1nc2ccccn2c1CN1C(=O)CC2SCCC21.O=C(O)Cc1sccc1N=Cc1c(C(F)(F)F)nc2ccccn12. The second-order valence-electron chi connectivity index (χ2n) is 10.4. The van der Waals surface area contributed by atoms with Crippen LogP contribution in [0.1, 0.15) is 40.5 Å². The van der Waals surface area contributed by atoms with Crippen molar-refractivity contribution in [1.29, 1.82) is 0 Å². The fourth-order valence-corrected chi connectivity index (χ4v) is 7.84. The minimum atomic E-state index is -4.62. The van der Waals surface area contributed by atoms with E-state index >= 15 is 0 Å². The number of carbonyl (C=O) groups is 2. The average Bonchev–Trinajstić information content (AvgIpc) is 3.79. The van der Waals surface area contributed by atoms with Gasteiger partial charge in [0, 0.05) is 35.0 Å². The molecule has 7 rings (SSSR count). The minimum Gasteiger partial charge on any atom is -0.481 e. The number of aryl methyl sites for hydroxylation is 1. The Morgan fingerprint density at radius 1 is 1.11 bits per heavy atom. The van der Waals surface area contributed by atoms with Crippen molar-refractivity contribution in [2.45, 2.75) is 50.2 Å². The highest BCUT2D eigenvalue weighted by molar-refractivity contribution is 8.00. The largest absolute Gasteiger partial charge is 0.481 e. The van der Waals surface area contributed by atoms with Crippen molar-refractivity contribution in [2.75, 3.05) is 5.75 Å². The van der Waals surface area contributed by atoms with Gasteiger partial charge in [0.15, 0.2) is 5.69 Å². The maximum absolute atomic E-state index is 13.2. The van der Waals surface area contributed by atoms with Gasteiger partial charge in [-0.3, -0.25) is 19.0 Å². The van der Waals surface area contributed by atoms with Crippen LogP contribution < -0.4 is 0 Å². The van der Waals surface area contributed by atoms with Gasteiger partial charge < -0.3 is 14.4 Å². The highest BCUT2D eigenvalue weighted by Gasteiger charge is 2.43. The number of amides is 1. The van der Waals surface area contributed by atoms with Crippen LogP contribution in [0, 0.1) is 6.92 Å². The lowest BCUT2D eigenvalue weighted by Crippen LogP contribution is -2.34. The number of hydrogen-bond donors (Lipinski definition) is 1. The predicted octanol–water partition coefficient (Wildman–Crippen LogP) is 6.04. The summed E-state index contributed by atoms with van der Waals surface area (Å²) in [4.78, 5) is 37.8. The lowest BCUT2D eigenvalue weighted by atomic mass is 10.1. The average molecular weight is 641 g/mol. The first kappa shape index (κ1) is 29.9. The Kier molecular flexibility index (Phi) is 8.20. The number of carboxylic acid groups (broad SMARTS) is 1. The van der Waals surface area contributed by atoms with Crippen LogP contribution in [0.25, 0.3) is 11.3 Å². The number of aliphatic imine (C=N–C) groups is 1. The van der Waals surface area contributed by atoms with E-state index in [0.29, 0.717) is 40.7 Å². The number of hydrogen-bond acceptors (Lipinski definition) is 7. The maximum atomic E-state index is 13.2. The molecule has 5 aromatic rings. The van der Waals surface area contributed by atoms with Crippen molar-refractivity contribution in [3.63, 3.8) is 0 Å². The van der Waals surface area contributed by atoms with Gasteiger partial charge in [-0.25, -0.2) is 9.97 Å². The second-order valence-corrected chi connectivity index (χ2v) is 12.7. The number of aromatic nitrogens is 4. The smallest absolute Gasteiger partial charge is 0.435 e. The number of nitrogens with zero attached hydrogens (tertiary/aromatic N) is 6. The Hall–Kier alpha value is -4.17. The lowest BCUT2D eigenvalue weighted by Gasteiger charge is -2.23. The number of carbonyl (C=O) groups excluding carboxylic acids is 1. The Bertz CT molecular complexity index is 1880. The molecule has 2 aliphatic rings. The van der Waals surface area contributed by atoms with Gasteiger partial charge in [-0.2, -0.15) is 24.9 Å². The number of aliphatic carboxylic acids is 1. The van der Waals surface area contributed by atoms with E-state index in [1.54, 1.807) is 23.6 Å². The molecule has 14 heteroatoms.